The van der Waals surface area contributed by atoms with E-state index in [0.29, 0.717) is 6.61 Å². The van der Waals surface area contributed by atoms with Crippen molar-refractivity contribution in [3.63, 3.8) is 0 Å². The molecule has 1 aliphatic rings. The van der Waals surface area contributed by atoms with Gasteiger partial charge in [0, 0.05) is 18.7 Å². The zero-order valence-electron chi connectivity index (χ0n) is 4.84. The number of hydrogen-bond acceptors (Lipinski definition) is 3. The predicted molar refractivity (Wildman–Crippen MR) is 31.4 cm³/mol. The maximum atomic E-state index is 5.57. The molecule has 48 valence electrons. The summed E-state index contributed by atoms with van der Waals surface area (Å²) in [5.74, 6) is 0. The molecule has 3 nitrogen and oxygen atoms in total. The second-order valence-corrected chi connectivity index (χ2v) is 2.19. The minimum atomic E-state index is 0.0590. The number of rotatable bonds is 0. The van der Waals surface area contributed by atoms with Gasteiger partial charge in [-0.25, -0.2) is 0 Å². The molecule has 0 aromatic heterocycles. The van der Waals surface area contributed by atoms with E-state index in [4.69, 9.17) is 16.2 Å². The number of nitrogens with two attached hydrogens (primary N) is 2. The van der Waals surface area contributed by atoms with Gasteiger partial charge in [0.1, 0.15) is 0 Å². The van der Waals surface area contributed by atoms with E-state index >= 15 is 0 Å². The topological polar surface area (TPSA) is 61.3 Å². The lowest BCUT2D eigenvalue weighted by Gasteiger charge is -2.24. The lowest BCUT2D eigenvalue weighted by Crippen LogP contribution is -2.48. The van der Waals surface area contributed by atoms with Crippen LogP contribution in [0.4, 0.5) is 0 Å². The Bertz CT molecular complexity index is 66.8. The molecule has 0 amide bonds. The van der Waals surface area contributed by atoms with Gasteiger partial charge in [0.15, 0.2) is 0 Å². The summed E-state index contributed by atoms with van der Waals surface area (Å²) >= 11 is 0. The van der Waals surface area contributed by atoms with Crippen LogP contribution in [-0.4, -0.2) is 25.3 Å². The quantitative estimate of drug-likeness (QED) is 0.429. The summed E-state index contributed by atoms with van der Waals surface area (Å²) in [5, 5.41) is 0. The number of hydrogen-bond donors (Lipinski definition) is 2. The molecule has 3 heteroatoms. The maximum absolute atomic E-state index is 5.57. The van der Waals surface area contributed by atoms with Crippen molar-refractivity contribution in [2.75, 3.05) is 13.2 Å². The maximum Gasteiger partial charge on any atom is 0.0632 e. The van der Waals surface area contributed by atoms with Gasteiger partial charge in [-0.15, -0.1) is 0 Å². The molecule has 1 fully saturated rings. The molecule has 0 radical (unpaired) electrons. The van der Waals surface area contributed by atoms with E-state index in [-0.39, 0.29) is 12.1 Å². The molecule has 0 saturated carbocycles. The molecular formula is C5H12N2O. The molecule has 4 N–H and O–H groups in total. The van der Waals surface area contributed by atoms with Crippen molar-refractivity contribution >= 4 is 0 Å². The predicted octanol–water partition coefficient (Wildman–Crippen LogP) is -0.939. The molecule has 1 saturated heterocycles. The van der Waals surface area contributed by atoms with Crippen LogP contribution in [0.15, 0.2) is 0 Å². The van der Waals surface area contributed by atoms with Gasteiger partial charge < -0.3 is 16.2 Å². The summed E-state index contributed by atoms with van der Waals surface area (Å²) in [6, 6.07) is 0.215. The summed E-state index contributed by atoms with van der Waals surface area (Å²) < 4.78 is 5.05. The summed E-state index contributed by atoms with van der Waals surface area (Å²) in [6.45, 7) is 1.40. The van der Waals surface area contributed by atoms with Crippen molar-refractivity contribution in [3.8, 4) is 0 Å². The van der Waals surface area contributed by atoms with Crippen molar-refractivity contribution in [1.82, 2.24) is 0 Å². The highest BCUT2D eigenvalue weighted by atomic mass is 16.5. The van der Waals surface area contributed by atoms with E-state index in [0.717, 1.165) is 13.0 Å². The van der Waals surface area contributed by atoms with Gasteiger partial charge in [-0.05, 0) is 6.42 Å². The smallest absolute Gasteiger partial charge is 0.0632 e. The van der Waals surface area contributed by atoms with Crippen LogP contribution < -0.4 is 11.5 Å². The third kappa shape index (κ3) is 1.18. The third-order valence-electron chi connectivity index (χ3n) is 1.46. The zero-order chi connectivity index (χ0) is 5.98. The number of ether oxygens (including phenoxy) is 1. The van der Waals surface area contributed by atoms with Gasteiger partial charge in [-0.2, -0.15) is 0 Å². The van der Waals surface area contributed by atoms with E-state index in [1.165, 1.54) is 0 Å². The minimum Gasteiger partial charge on any atom is -0.380 e. The first-order valence-corrected chi connectivity index (χ1v) is 2.89. The van der Waals surface area contributed by atoms with Gasteiger partial charge in [0.2, 0.25) is 0 Å². The molecule has 0 aromatic rings. The van der Waals surface area contributed by atoms with Crippen molar-refractivity contribution < 1.29 is 4.74 Å². The summed E-state index contributed by atoms with van der Waals surface area (Å²) in [7, 11) is 0. The Morgan fingerprint density at radius 3 is 2.38 bits per heavy atom. The minimum absolute atomic E-state index is 0.0590. The first kappa shape index (κ1) is 6.01. The molecule has 2 atom stereocenters. The van der Waals surface area contributed by atoms with Crippen molar-refractivity contribution in [3.05, 3.63) is 0 Å². The monoisotopic (exact) mass is 116 g/mol. The summed E-state index contributed by atoms with van der Waals surface area (Å²) in [6.07, 6.45) is 0.904. The van der Waals surface area contributed by atoms with Gasteiger partial charge in [0.25, 0.3) is 0 Å². The van der Waals surface area contributed by atoms with Crippen molar-refractivity contribution in [2.24, 2.45) is 11.5 Å². The molecule has 1 heterocycles. The first-order valence-electron chi connectivity index (χ1n) is 2.89. The Morgan fingerprint density at radius 1 is 1.25 bits per heavy atom. The zero-order valence-corrected chi connectivity index (χ0v) is 4.84. The van der Waals surface area contributed by atoms with E-state index in [1.54, 1.807) is 0 Å². The second kappa shape index (κ2) is 2.44. The van der Waals surface area contributed by atoms with E-state index in [2.05, 4.69) is 0 Å². The molecule has 8 heavy (non-hydrogen) atoms. The fraction of sp³-hybridized carbons (Fsp3) is 1.00. The molecule has 0 aromatic carbocycles. The summed E-state index contributed by atoms with van der Waals surface area (Å²) in [4.78, 5) is 0. The van der Waals surface area contributed by atoms with Crippen LogP contribution in [-0.2, 0) is 4.74 Å². The van der Waals surface area contributed by atoms with Crippen LogP contribution in [0.2, 0.25) is 0 Å². The molecule has 0 spiro atoms. The highest BCUT2D eigenvalue weighted by Crippen LogP contribution is 2.01. The Balaban J connectivity index is 2.28. The van der Waals surface area contributed by atoms with E-state index in [1.807, 2.05) is 0 Å². The average molecular weight is 116 g/mol. The molecule has 0 aliphatic carbocycles. The Labute approximate surface area is 49.0 Å². The first-order chi connectivity index (χ1) is 3.80. The lowest BCUT2D eigenvalue weighted by atomic mass is 10.1. The Kier molecular flexibility index (Phi) is 1.83. The SMILES string of the molecule is NC1CCOC[C@@H]1N. The van der Waals surface area contributed by atoms with Crippen LogP contribution >= 0.6 is 0 Å². The fourth-order valence-corrected chi connectivity index (χ4v) is 0.777. The molecule has 0 bridgehead atoms. The van der Waals surface area contributed by atoms with Gasteiger partial charge in [0.05, 0.1) is 6.61 Å². The van der Waals surface area contributed by atoms with Crippen LogP contribution in [0.3, 0.4) is 0 Å². The average Bonchev–Trinajstić information content (AvgIpc) is 1.77. The Morgan fingerprint density at radius 2 is 2.00 bits per heavy atom. The largest absolute Gasteiger partial charge is 0.380 e. The fourth-order valence-electron chi connectivity index (χ4n) is 0.777. The lowest BCUT2D eigenvalue weighted by molar-refractivity contribution is 0.0711. The van der Waals surface area contributed by atoms with Gasteiger partial charge >= 0.3 is 0 Å². The molecular weight excluding hydrogens is 104 g/mol. The van der Waals surface area contributed by atoms with Crippen molar-refractivity contribution in [1.29, 1.82) is 0 Å². The normalized spacial score (nSPS) is 39.8. The standard InChI is InChI=1S/C5H12N2O/c6-4-1-2-8-3-5(4)7/h4-5H,1-3,6-7H2/t4?,5-/m0/s1. The highest BCUT2D eigenvalue weighted by molar-refractivity contribution is 4.78. The van der Waals surface area contributed by atoms with Crippen molar-refractivity contribution in [2.45, 2.75) is 18.5 Å². The van der Waals surface area contributed by atoms with Crippen LogP contribution in [0.25, 0.3) is 0 Å². The highest BCUT2D eigenvalue weighted by Gasteiger charge is 2.17. The van der Waals surface area contributed by atoms with Crippen LogP contribution in [0, 0.1) is 0 Å². The van der Waals surface area contributed by atoms with E-state index < -0.39 is 0 Å². The van der Waals surface area contributed by atoms with Crippen LogP contribution in [0.1, 0.15) is 6.42 Å². The molecule has 1 aliphatic heterocycles. The van der Waals surface area contributed by atoms with Gasteiger partial charge in [-0.1, -0.05) is 0 Å². The van der Waals surface area contributed by atoms with E-state index in [9.17, 15) is 0 Å². The molecule has 1 rings (SSSR count). The second-order valence-electron chi connectivity index (χ2n) is 2.19. The third-order valence-corrected chi connectivity index (χ3v) is 1.46. The molecule has 1 unspecified atom stereocenters. The van der Waals surface area contributed by atoms with Crippen LogP contribution in [0.5, 0.6) is 0 Å². The van der Waals surface area contributed by atoms with Gasteiger partial charge in [-0.3, -0.25) is 0 Å². The summed E-state index contributed by atoms with van der Waals surface area (Å²) in [5.41, 5.74) is 11.1. The Hall–Kier alpha value is -0.120.